The first-order chi connectivity index (χ1) is 9.70. The molecule has 2 heterocycles. The van der Waals surface area contributed by atoms with Gasteiger partial charge >= 0.3 is 0 Å². The van der Waals surface area contributed by atoms with Gasteiger partial charge in [-0.2, -0.15) is 0 Å². The van der Waals surface area contributed by atoms with Crippen molar-refractivity contribution in [1.29, 1.82) is 0 Å². The van der Waals surface area contributed by atoms with Crippen LogP contribution in [-0.4, -0.2) is 53.2 Å². The minimum Gasteiger partial charge on any atom is -0.395 e. The van der Waals surface area contributed by atoms with Gasteiger partial charge in [0.25, 0.3) is 5.91 Å². The van der Waals surface area contributed by atoms with Gasteiger partial charge < -0.3 is 10.4 Å². The van der Waals surface area contributed by atoms with Gasteiger partial charge in [0.15, 0.2) is 0 Å². The maximum absolute atomic E-state index is 12.0. The molecule has 0 unspecified atom stereocenters. The highest BCUT2D eigenvalue weighted by atomic mass is 35.5. The number of likely N-dealkylation sites (tertiary alicyclic amines) is 1. The van der Waals surface area contributed by atoms with E-state index in [0.29, 0.717) is 29.8 Å². The minimum absolute atomic E-state index is 0.135. The van der Waals surface area contributed by atoms with Crippen LogP contribution in [0.15, 0.2) is 18.3 Å². The molecule has 1 saturated heterocycles. The van der Waals surface area contributed by atoms with Crippen LogP contribution in [0, 0.1) is 0 Å². The van der Waals surface area contributed by atoms with Gasteiger partial charge in [0.1, 0.15) is 5.15 Å². The van der Waals surface area contributed by atoms with Crippen LogP contribution < -0.4 is 5.32 Å². The van der Waals surface area contributed by atoms with E-state index in [4.69, 9.17) is 16.7 Å². The molecule has 0 aromatic carbocycles. The van der Waals surface area contributed by atoms with Gasteiger partial charge in [-0.3, -0.25) is 9.69 Å². The Kier molecular flexibility index (Phi) is 5.76. The molecular formula is C14H20ClN3O2. The standard InChI is InChI=1S/C14H20ClN3O2/c15-13-9-11(4-5-16-13)14(20)17-10-12-3-1-2-6-18(12)7-8-19/h4-5,9,12,19H,1-3,6-8,10H2,(H,17,20)/t12-/m0/s1. The zero-order chi connectivity index (χ0) is 14.4. The highest BCUT2D eigenvalue weighted by Gasteiger charge is 2.22. The number of nitrogens with zero attached hydrogens (tertiary/aromatic N) is 2. The number of carbonyl (C=O) groups is 1. The molecule has 1 aromatic heterocycles. The number of aliphatic hydroxyl groups excluding tert-OH is 1. The monoisotopic (exact) mass is 297 g/mol. The summed E-state index contributed by atoms with van der Waals surface area (Å²) in [5, 5.41) is 12.3. The SMILES string of the molecule is O=C(NC[C@@H]1CCCCN1CCO)c1ccnc(Cl)c1. The molecule has 20 heavy (non-hydrogen) atoms. The lowest BCUT2D eigenvalue weighted by molar-refractivity contribution is 0.0889. The average Bonchev–Trinajstić information content (AvgIpc) is 2.46. The van der Waals surface area contributed by atoms with Crippen LogP contribution in [0.1, 0.15) is 29.6 Å². The molecular weight excluding hydrogens is 278 g/mol. The summed E-state index contributed by atoms with van der Waals surface area (Å²) in [5.74, 6) is -0.135. The summed E-state index contributed by atoms with van der Waals surface area (Å²) in [6, 6.07) is 3.51. The lowest BCUT2D eigenvalue weighted by Crippen LogP contribution is -2.47. The topological polar surface area (TPSA) is 65.5 Å². The lowest BCUT2D eigenvalue weighted by atomic mass is 10.0. The maximum atomic E-state index is 12.0. The first kappa shape index (κ1) is 15.2. The van der Waals surface area contributed by atoms with E-state index in [1.807, 2.05) is 0 Å². The predicted octanol–water partition coefficient (Wildman–Crippen LogP) is 1.31. The number of nitrogens with one attached hydrogen (secondary N) is 1. The molecule has 1 fully saturated rings. The summed E-state index contributed by atoms with van der Waals surface area (Å²) in [7, 11) is 0. The number of amides is 1. The van der Waals surface area contributed by atoms with E-state index in [1.165, 1.54) is 12.6 Å². The van der Waals surface area contributed by atoms with Crippen molar-refractivity contribution < 1.29 is 9.90 Å². The second kappa shape index (κ2) is 7.57. The van der Waals surface area contributed by atoms with E-state index in [1.54, 1.807) is 12.1 Å². The molecule has 0 aliphatic carbocycles. The molecule has 1 amide bonds. The van der Waals surface area contributed by atoms with E-state index < -0.39 is 0 Å². The molecule has 1 aliphatic rings. The Hall–Kier alpha value is -1.17. The Morgan fingerprint density at radius 3 is 3.15 bits per heavy atom. The predicted molar refractivity (Wildman–Crippen MR) is 77.9 cm³/mol. The Labute approximate surface area is 123 Å². The molecule has 0 saturated carbocycles. The highest BCUT2D eigenvalue weighted by Crippen LogP contribution is 2.16. The maximum Gasteiger partial charge on any atom is 0.251 e. The number of aromatic nitrogens is 1. The quantitative estimate of drug-likeness (QED) is 0.804. The fourth-order valence-corrected chi connectivity index (χ4v) is 2.74. The van der Waals surface area contributed by atoms with Gasteiger partial charge in [-0.25, -0.2) is 4.98 Å². The average molecular weight is 298 g/mol. The van der Waals surface area contributed by atoms with E-state index in [2.05, 4.69) is 15.2 Å². The smallest absolute Gasteiger partial charge is 0.251 e. The molecule has 5 nitrogen and oxygen atoms in total. The van der Waals surface area contributed by atoms with E-state index >= 15 is 0 Å². The third-order valence-corrected chi connectivity index (χ3v) is 3.83. The van der Waals surface area contributed by atoms with E-state index in [9.17, 15) is 4.79 Å². The molecule has 2 N–H and O–H groups in total. The van der Waals surface area contributed by atoms with Gasteiger partial charge in [0.05, 0.1) is 6.61 Å². The van der Waals surface area contributed by atoms with Crippen molar-refractivity contribution in [3.63, 3.8) is 0 Å². The lowest BCUT2D eigenvalue weighted by Gasteiger charge is -2.35. The van der Waals surface area contributed by atoms with E-state index in [0.717, 1.165) is 19.4 Å². The first-order valence-corrected chi connectivity index (χ1v) is 7.33. The van der Waals surface area contributed by atoms with Crippen molar-refractivity contribution in [2.45, 2.75) is 25.3 Å². The van der Waals surface area contributed by atoms with Gasteiger partial charge in [-0.05, 0) is 31.5 Å². The van der Waals surface area contributed by atoms with E-state index in [-0.39, 0.29) is 12.5 Å². The molecule has 0 spiro atoms. The van der Waals surface area contributed by atoms with Gasteiger partial charge in [0, 0.05) is 30.9 Å². The summed E-state index contributed by atoms with van der Waals surface area (Å²) >= 11 is 5.78. The molecule has 2 rings (SSSR count). The summed E-state index contributed by atoms with van der Waals surface area (Å²) < 4.78 is 0. The van der Waals surface area contributed by atoms with Crippen LogP contribution in [0.5, 0.6) is 0 Å². The zero-order valence-electron chi connectivity index (χ0n) is 11.4. The molecule has 0 bridgehead atoms. The van der Waals surface area contributed by atoms with Crippen molar-refractivity contribution in [2.24, 2.45) is 0 Å². The van der Waals surface area contributed by atoms with Crippen molar-refractivity contribution in [3.8, 4) is 0 Å². The van der Waals surface area contributed by atoms with Crippen LogP contribution in [0.2, 0.25) is 5.15 Å². The number of halogens is 1. The fraction of sp³-hybridized carbons (Fsp3) is 0.571. The number of carbonyl (C=O) groups excluding carboxylic acids is 1. The highest BCUT2D eigenvalue weighted by molar-refractivity contribution is 6.29. The zero-order valence-corrected chi connectivity index (χ0v) is 12.1. The Balaban J connectivity index is 1.88. The number of aliphatic hydroxyl groups is 1. The minimum atomic E-state index is -0.135. The number of pyridine rings is 1. The number of β-amino-alcohol motifs (C(OH)–C–C–N with tert-alkyl or cyclic N) is 1. The Bertz CT molecular complexity index is 454. The van der Waals surface area contributed by atoms with Crippen LogP contribution in [0.25, 0.3) is 0 Å². The van der Waals surface area contributed by atoms with Crippen molar-refractivity contribution >= 4 is 17.5 Å². The summed E-state index contributed by atoms with van der Waals surface area (Å²) in [6.07, 6.45) is 4.90. The van der Waals surface area contributed by atoms with Crippen LogP contribution >= 0.6 is 11.6 Å². The van der Waals surface area contributed by atoms with Gasteiger partial charge in [0.2, 0.25) is 0 Å². The number of hydrogen-bond donors (Lipinski definition) is 2. The molecule has 0 radical (unpaired) electrons. The Morgan fingerprint density at radius 1 is 1.55 bits per heavy atom. The number of hydrogen-bond acceptors (Lipinski definition) is 4. The van der Waals surface area contributed by atoms with Crippen LogP contribution in [-0.2, 0) is 0 Å². The molecule has 110 valence electrons. The second-order valence-electron chi connectivity index (χ2n) is 4.99. The summed E-state index contributed by atoms with van der Waals surface area (Å²) in [6.45, 7) is 2.41. The largest absolute Gasteiger partial charge is 0.395 e. The van der Waals surface area contributed by atoms with Crippen molar-refractivity contribution in [1.82, 2.24) is 15.2 Å². The normalized spacial score (nSPS) is 19.8. The summed E-state index contributed by atoms with van der Waals surface area (Å²) in [5.41, 5.74) is 0.523. The third-order valence-electron chi connectivity index (χ3n) is 3.62. The number of piperidine rings is 1. The number of rotatable bonds is 5. The molecule has 1 aromatic rings. The molecule has 1 atom stereocenters. The Morgan fingerprint density at radius 2 is 2.40 bits per heavy atom. The van der Waals surface area contributed by atoms with Crippen molar-refractivity contribution in [2.75, 3.05) is 26.2 Å². The third kappa shape index (κ3) is 4.16. The van der Waals surface area contributed by atoms with Crippen molar-refractivity contribution in [3.05, 3.63) is 29.0 Å². The molecule has 1 aliphatic heterocycles. The molecule has 6 heteroatoms. The second-order valence-corrected chi connectivity index (χ2v) is 5.37. The van der Waals surface area contributed by atoms with Gasteiger partial charge in [-0.15, -0.1) is 0 Å². The van der Waals surface area contributed by atoms with Crippen LogP contribution in [0.4, 0.5) is 0 Å². The first-order valence-electron chi connectivity index (χ1n) is 6.95. The van der Waals surface area contributed by atoms with Crippen LogP contribution in [0.3, 0.4) is 0 Å². The van der Waals surface area contributed by atoms with Gasteiger partial charge in [-0.1, -0.05) is 18.0 Å². The summed E-state index contributed by atoms with van der Waals surface area (Å²) in [4.78, 5) is 18.1. The fourth-order valence-electron chi connectivity index (χ4n) is 2.57.